The van der Waals surface area contributed by atoms with Crippen molar-refractivity contribution in [3.05, 3.63) is 45.9 Å². The highest BCUT2D eigenvalue weighted by atomic mass is 32.1. The number of ether oxygens (including phenoxy) is 2. The zero-order chi connectivity index (χ0) is 16.7. The van der Waals surface area contributed by atoms with E-state index in [4.69, 9.17) is 9.47 Å². The lowest BCUT2D eigenvalue weighted by atomic mass is 10.2. The lowest BCUT2D eigenvalue weighted by molar-refractivity contribution is 0.0520. The summed E-state index contributed by atoms with van der Waals surface area (Å²) in [6.45, 7) is 4.63. The fourth-order valence-electron chi connectivity index (χ4n) is 1.88. The molecule has 122 valence electrons. The second-order valence-electron chi connectivity index (χ2n) is 4.46. The Balaban J connectivity index is 1.98. The van der Waals surface area contributed by atoms with Crippen LogP contribution in [0.3, 0.4) is 0 Å². The molecule has 0 bridgehead atoms. The maximum atomic E-state index is 12.3. The van der Waals surface area contributed by atoms with E-state index in [1.807, 2.05) is 13.0 Å². The second-order valence-corrected chi connectivity index (χ2v) is 5.40. The van der Waals surface area contributed by atoms with Crippen LogP contribution in [0.5, 0.6) is 5.75 Å². The molecule has 1 heterocycles. The van der Waals surface area contributed by atoms with Gasteiger partial charge in [-0.3, -0.25) is 4.79 Å². The van der Waals surface area contributed by atoms with Gasteiger partial charge in [0.15, 0.2) is 5.69 Å². The minimum absolute atomic E-state index is 0.239. The summed E-state index contributed by atoms with van der Waals surface area (Å²) in [7, 11) is 0. The molecule has 0 fully saturated rings. The minimum Gasteiger partial charge on any atom is -0.493 e. The number of para-hydroxylation sites is 1. The third kappa shape index (κ3) is 4.53. The Kier molecular flexibility index (Phi) is 6.10. The van der Waals surface area contributed by atoms with Crippen molar-refractivity contribution < 1.29 is 19.1 Å². The first kappa shape index (κ1) is 17.0. The predicted molar refractivity (Wildman–Crippen MR) is 86.9 cm³/mol. The topological polar surface area (TPSA) is 77.5 Å². The Morgan fingerprint density at radius 2 is 2.00 bits per heavy atom. The highest BCUT2D eigenvalue weighted by molar-refractivity contribution is 7.09. The number of carbonyl (C=O) groups is 2. The van der Waals surface area contributed by atoms with Crippen LogP contribution >= 0.6 is 11.3 Å². The Hall–Kier alpha value is -2.41. The lowest BCUT2D eigenvalue weighted by Gasteiger charge is -2.09. The zero-order valence-electron chi connectivity index (χ0n) is 13.0. The Bertz CT molecular complexity index is 684. The maximum absolute atomic E-state index is 12.3. The van der Waals surface area contributed by atoms with E-state index in [0.29, 0.717) is 29.5 Å². The molecule has 0 radical (unpaired) electrons. The molecule has 1 amide bonds. The smallest absolute Gasteiger partial charge is 0.357 e. The molecule has 2 aromatic rings. The zero-order valence-corrected chi connectivity index (χ0v) is 13.8. The van der Waals surface area contributed by atoms with Gasteiger partial charge in [-0.15, -0.1) is 11.3 Å². The van der Waals surface area contributed by atoms with Crippen molar-refractivity contribution in [3.8, 4) is 5.75 Å². The van der Waals surface area contributed by atoms with Gasteiger partial charge >= 0.3 is 5.97 Å². The van der Waals surface area contributed by atoms with E-state index in [-0.39, 0.29) is 18.1 Å². The van der Waals surface area contributed by atoms with Crippen molar-refractivity contribution >= 4 is 23.2 Å². The Morgan fingerprint density at radius 3 is 2.74 bits per heavy atom. The average Bonchev–Trinajstić information content (AvgIpc) is 3.03. The Labute approximate surface area is 138 Å². The molecule has 7 heteroatoms. The second kappa shape index (κ2) is 8.28. The molecule has 6 nitrogen and oxygen atoms in total. The van der Waals surface area contributed by atoms with E-state index in [1.54, 1.807) is 30.5 Å². The van der Waals surface area contributed by atoms with Crippen LogP contribution in [-0.2, 0) is 11.3 Å². The highest BCUT2D eigenvalue weighted by Crippen LogP contribution is 2.18. The number of nitrogens with zero attached hydrogens (tertiary/aromatic N) is 1. The number of amides is 1. The molecule has 1 aromatic heterocycles. The Morgan fingerprint density at radius 1 is 1.22 bits per heavy atom. The number of carbonyl (C=O) groups excluding carboxylic acids is 2. The van der Waals surface area contributed by atoms with Crippen LogP contribution in [0.1, 0.15) is 39.7 Å². The van der Waals surface area contributed by atoms with E-state index in [9.17, 15) is 9.59 Å². The molecule has 0 aliphatic rings. The van der Waals surface area contributed by atoms with Gasteiger partial charge in [0.1, 0.15) is 10.8 Å². The van der Waals surface area contributed by atoms with E-state index in [2.05, 4.69) is 10.3 Å². The van der Waals surface area contributed by atoms with Crippen LogP contribution in [-0.4, -0.2) is 30.1 Å². The fourth-order valence-corrected chi connectivity index (χ4v) is 2.58. The lowest BCUT2D eigenvalue weighted by Crippen LogP contribution is -2.23. The van der Waals surface area contributed by atoms with Gasteiger partial charge in [0.2, 0.25) is 0 Å². The van der Waals surface area contributed by atoms with E-state index in [1.165, 1.54) is 11.3 Å². The van der Waals surface area contributed by atoms with Gasteiger partial charge in [-0.05, 0) is 26.0 Å². The SMILES string of the molecule is CCOC(=O)c1csc(CNC(=O)c2ccccc2OCC)n1. The number of benzene rings is 1. The summed E-state index contributed by atoms with van der Waals surface area (Å²) in [6.07, 6.45) is 0. The third-order valence-electron chi connectivity index (χ3n) is 2.87. The summed E-state index contributed by atoms with van der Waals surface area (Å²) >= 11 is 1.30. The van der Waals surface area contributed by atoms with Gasteiger partial charge < -0.3 is 14.8 Å². The third-order valence-corrected chi connectivity index (χ3v) is 3.72. The fraction of sp³-hybridized carbons (Fsp3) is 0.312. The van der Waals surface area contributed by atoms with E-state index >= 15 is 0 Å². The van der Waals surface area contributed by atoms with Crippen LogP contribution in [0.25, 0.3) is 0 Å². The molecule has 0 saturated heterocycles. The van der Waals surface area contributed by atoms with Crippen LogP contribution in [0.2, 0.25) is 0 Å². The number of rotatable bonds is 7. The van der Waals surface area contributed by atoms with Gasteiger partial charge in [0, 0.05) is 5.38 Å². The molecule has 0 aliphatic carbocycles. The summed E-state index contributed by atoms with van der Waals surface area (Å²) in [5, 5.41) is 5.03. The molecule has 23 heavy (non-hydrogen) atoms. The van der Waals surface area contributed by atoms with E-state index < -0.39 is 5.97 Å². The van der Waals surface area contributed by atoms with Gasteiger partial charge in [-0.2, -0.15) is 0 Å². The molecular weight excluding hydrogens is 316 g/mol. The van der Waals surface area contributed by atoms with Crippen LogP contribution in [0, 0.1) is 0 Å². The number of aromatic nitrogens is 1. The van der Waals surface area contributed by atoms with Crippen LogP contribution < -0.4 is 10.1 Å². The molecule has 0 spiro atoms. The van der Waals surface area contributed by atoms with Gasteiger partial charge in [0.05, 0.1) is 25.3 Å². The largest absolute Gasteiger partial charge is 0.493 e. The number of hydrogen-bond acceptors (Lipinski definition) is 6. The summed E-state index contributed by atoms with van der Waals surface area (Å²) in [5.41, 5.74) is 0.729. The molecule has 0 atom stereocenters. The molecule has 1 aromatic carbocycles. The van der Waals surface area contributed by atoms with Crippen molar-refractivity contribution in [2.45, 2.75) is 20.4 Å². The van der Waals surface area contributed by atoms with Gasteiger partial charge in [0.25, 0.3) is 5.91 Å². The molecule has 0 saturated carbocycles. The van der Waals surface area contributed by atoms with Crippen molar-refractivity contribution in [3.63, 3.8) is 0 Å². The van der Waals surface area contributed by atoms with Gasteiger partial charge in [-0.1, -0.05) is 12.1 Å². The summed E-state index contributed by atoms with van der Waals surface area (Å²) in [6, 6.07) is 7.04. The standard InChI is InChI=1S/C16H18N2O4S/c1-3-21-13-8-6-5-7-11(13)15(19)17-9-14-18-12(10-23-14)16(20)22-4-2/h5-8,10H,3-4,9H2,1-2H3,(H,17,19). The predicted octanol–water partition coefficient (Wildman–Crippen LogP) is 2.65. The first-order valence-electron chi connectivity index (χ1n) is 7.27. The average molecular weight is 334 g/mol. The minimum atomic E-state index is -0.456. The molecular formula is C16H18N2O4S. The summed E-state index contributed by atoms with van der Waals surface area (Å²) in [4.78, 5) is 28.0. The number of nitrogens with one attached hydrogen (secondary N) is 1. The summed E-state index contributed by atoms with van der Waals surface area (Å²) in [5.74, 6) is -0.163. The van der Waals surface area contributed by atoms with Crippen LogP contribution in [0.4, 0.5) is 0 Å². The van der Waals surface area contributed by atoms with E-state index in [0.717, 1.165) is 0 Å². The highest BCUT2D eigenvalue weighted by Gasteiger charge is 2.14. The molecule has 0 unspecified atom stereocenters. The van der Waals surface area contributed by atoms with Gasteiger partial charge in [-0.25, -0.2) is 9.78 Å². The van der Waals surface area contributed by atoms with Crippen molar-refractivity contribution in [2.75, 3.05) is 13.2 Å². The number of hydrogen-bond donors (Lipinski definition) is 1. The first-order chi connectivity index (χ1) is 11.2. The summed E-state index contributed by atoms with van der Waals surface area (Å²) < 4.78 is 10.3. The quantitative estimate of drug-likeness (QED) is 0.788. The van der Waals surface area contributed by atoms with Crippen molar-refractivity contribution in [1.29, 1.82) is 0 Å². The molecule has 1 N–H and O–H groups in total. The maximum Gasteiger partial charge on any atom is 0.357 e. The molecule has 0 aliphatic heterocycles. The first-order valence-corrected chi connectivity index (χ1v) is 8.15. The monoisotopic (exact) mass is 334 g/mol. The number of thiazole rings is 1. The number of esters is 1. The molecule has 2 rings (SSSR count). The van der Waals surface area contributed by atoms with Crippen LogP contribution in [0.15, 0.2) is 29.6 Å². The van der Waals surface area contributed by atoms with Crippen molar-refractivity contribution in [1.82, 2.24) is 10.3 Å². The normalized spacial score (nSPS) is 10.2. The van der Waals surface area contributed by atoms with Crippen molar-refractivity contribution in [2.24, 2.45) is 0 Å².